The van der Waals surface area contributed by atoms with E-state index in [4.69, 9.17) is 0 Å². The third-order valence-electron chi connectivity index (χ3n) is 4.34. The number of rotatable bonds is 6. The van der Waals surface area contributed by atoms with Gasteiger partial charge in [-0.15, -0.1) is 0 Å². The van der Waals surface area contributed by atoms with Crippen molar-refractivity contribution in [2.45, 2.75) is 51.1 Å². The Hall–Kier alpha value is -0.120. The van der Waals surface area contributed by atoms with Gasteiger partial charge < -0.3 is 15.1 Å². The molecule has 3 nitrogen and oxygen atoms in total. The summed E-state index contributed by atoms with van der Waals surface area (Å²) < 4.78 is 0. The summed E-state index contributed by atoms with van der Waals surface area (Å²) in [5.41, 5.74) is 0.248. The van der Waals surface area contributed by atoms with Gasteiger partial charge in [0.2, 0.25) is 0 Å². The summed E-state index contributed by atoms with van der Waals surface area (Å²) in [7, 11) is 6.57. The van der Waals surface area contributed by atoms with E-state index in [0.29, 0.717) is 0 Å². The summed E-state index contributed by atoms with van der Waals surface area (Å²) in [6.07, 6.45) is 5.47. The van der Waals surface area contributed by atoms with Crippen molar-refractivity contribution in [2.24, 2.45) is 0 Å². The van der Waals surface area contributed by atoms with Gasteiger partial charge in [-0.1, -0.05) is 6.42 Å². The number of nitrogens with zero attached hydrogens (tertiary/aromatic N) is 2. The van der Waals surface area contributed by atoms with Crippen molar-refractivity contribution >= 4 is 0 Å². The molecule has 1 fully saturated rings. The van der Waals surface area contributed by atoms with E-state index in [1.807, 2.05) is 0 Å². The molecule has 0 amide bonds. The highest BCUT2D eigenvalue weighted by molar-refractivity contribution is 4.80. The molecule has 1 aliphatic heterocycles. The Balaban J connectivity index is 2.15. The van der Waals surface area contributed by atoms with Crippen molar-refractivity contribution in [3.8, 4) is 0 Å². The van der Waals surface area contributed by atoms with Crippen molar-refractivity contribution in [3.05, 3.63) is 0 Å². The van der Waals surface area contributed by atoms with Crippen LogP contribution in [0, 0.1) is 0 Å². The molecule has 17 heavy (non-hydrogen) atoms. The first-order chi connectivity index (χ1) is 7.93. The first-order valence-electron chi connectivity index (χ1n) is 7.02. The number of piperidine rings is 1. The van der Waals surface area contributed by atoms with Gasteiger partial charge in [-0.3, -0.25) is 0 Å². The maximum Gasteiger partial charge on any atom is 0.0271 e. The van der Waals surface area contributed by atoms with Gasteiger partial charge in [0.05, 0.1) is 0 Å². The lowest BCUT2D eigenvalue weighted by atomic mass is 9.99. The van der Waals surface area contributed by atoms with Crippen LogP contribution in [0.3, 0.4) is 0 Å². The lowest BCUT2D eigenvalue weighted by Gasteiger charge is -2.34. The zero-order chi connectivity index (χ0) is 12.9. The molecule has 1 saturated heterocycles. The average molecular weight is 241 g/mol. The minimum atomic E-state index is 0.248. The van der Waals surface area contributed by atoms with Crippen molar-refractivity contribution in [3.63, 3.8) is 0 Å². The minimum Gasteiger partial charge on any atom is -0.315 e. The molecule has 0 aliphatic carbocycles. The Labute approximate surface area is 108 Å². The molecular weight excluding hydrogens is 210 g/mol. The summed E-state index contributed by atoms with van der Waals surface area (Å²) in [6.45, 7) is 8.07. The Morgan fingerprint density at radius 2 is 2.00 bits per heavy atom. The second-order valence-corrected chi connectivity index (χ2v) is 6.30. The second kappa shape index (κ2) is 6.72. The molecule has 1 heterocycles. The van der Waals surface area contributed by atoms with Crippen molar-refractivity contribution < 1.29 is 0 Å². The molecule has 0 saturated carbocycles. The van der Waals surface area contributed by atoms with Crippen molar-refractivity contribution in [2.75, 3.05) is 40.8 Å². The summed E-state index contributed by atoms with van der Waals surface area (Å²) in [5.74, 6) is 0. The molecule has 1 rings (SSSR count). The van der Waals surface area contributed by atoms with Gasteiger partial charge in [0, 0.05) is 18.1 Å². The minimum absolute atomic E-state index is 0.248. The first kappa shape index (κ1) is 14.9. The smallest absolute Gasteiger partial charge is 0.0271 e. The maximum absolute atomic E-state index is 3.61. The Morgan fingerprint density at radius 3 is 2.59 bits per heavy atom. The van der Waals surface area contributed by atoms with E-state index in [1.165, 1.54) is 32.2 Å². The van der Waals surface area contributed by atoms with Gasteiger partial charge in [-0.25, -0.2) is 0 Å². The van der Waals surface area contributed by atoms with Gasteiger partial charge in [0.15, 0.2) is 0 Å². The molecule has 1 unspecified atom stereocenters. The second-order valence-electron chi connectivity index (χ2n) is 6.30. The topological polar surface area (TPSA) is 18.5 Å². The highest BCUT2D eigenvalue weighted by Gasteiger charge is 2.21. The summed E-state index contributed by atoms with van der Waals surface area (Å²) in [6, 6.07) is 0.804. The molecule has 1 aliphatic rings. The van der Waals surface area contributed by atoms with Crippen molar-refractivity contribution in [1.82, 2.24) is 15.1 Å². The van der Waals surface area contributed by atoms with Gasteiger partial charge in [-0.2, -0.15) is 0 Å². The summed E-state index contributed by atoms with van der Waals surface area (Å²) >= 11 is 0. The van der Waals surface area contributed by atoms with E-state index in [0.717, 1.165) is 19.1 Å². The van der Waals surface area contributed by atoms with E-state index in [-0.39, 0.29) is 5.54 Å². The predicted octanol–water partition coefficient (Wildman–Crippen LogP) is 1.79. The van der Waals surface area contributed by atoms with Gasteiger partial charge >= 0.3 is 0 Å². The number of hydrogen-bond acceptors (Lipinski definition) is 3. The fourth-order valence-electron chi connectivity index (χ4n) is 2.33. The quantitative estimate of drug-likeness (QED) is 0.715. The van der Waals surface area contributed by atoms with Crippen LogP contribution in [-0.4, -0.2) is 62.2 Å². The monoisotopic (exact) mass is 241 g/mol. The molecule has 1 atom stereocenters. The third-order valence-corrected chi connectivity index (χ3v) is 4.34. The largest absolute Gasteiger partial charge is 0.315 e. The molecular formula is C14H31N3. The third kappa shape index (κ3) is 4.94. The fourth-order valence-corrected chi connectivity index (χ4v) is 2.33. The number of likely N-dealkylation sites (N-methyl/N-ethyl adjacent to an activating group) is 1. The highest BCUT2D eigenvalue weighted by atomic mass is 15.2. The molecule has 3 heteroatoms. The van der Waals surface area contributed by atoms with Crippen LogP contribution < -0.4 is 5.32 Å². The Morgan fingerprint density at radius 1 is 1.29 bits per heavy atom. The van der Waals surface area contributed by atoms with Crippen LogP contribution in [0.4, 0.5) is 0 Å². The Kier molecular flexibility index (Phi) is 5.90. The van der Waals surface area contributed by atoms with Crippen LogP contribution in [-0.2, 0) is 0 Å². The van der Waals surface area contributed by atoms with Crippen LogP contribution in [0.15, 0.2) is 0 Å². The summed E-state index contributed by atoms with van der Waals surface area (Å²) in [5, 5.41) is 3.61. The molecule has 0 spiro atoms. The Bertz CT molecular complexity index is 214. The number of likely N-dealkylation sites (tertiary alicyclic amines) is 1. The fraction of sp³-hybridized carbons (Fsp3) is 1.00. The van der Waals surface area contributed by atoms with Crippen LogP contribution in [0.25, 0.3) is 0 Å². The standard InChI is InChI=1S/C14H31N3/c1-14(2,16(3)4)12-15-10-9-13-8-6-7-11-17(13)5/h13,15H,6-12H2,1-5H3. The van der Waals surface area contributed by atoms with Crippen LogP contribution in [0.2, 0.25) is 0 Å². The normalized spacial score (nSPS) is 23.3. The van der Waals surface area contributed by atoms with Crippen LogP contribution in [0.1, 0.15) is 39.5 Å². The molecule has 102 valence electrons. The molecule has 0 aromatic carbocycles. The van der Waals surface area contributed by atoms with Gasteiger partial charge in [0.25, 0.3) is 0 Å². The first-order valence-corrected chi connectivity index (χ1v) is 7.02. The lowest BCUT2D eigenvalue weighted by Crippen LogP contribution is -2.47. The van der Waals surface area contributed by atoms with Crippen molar-refractivity contribution in [1.29, 1.82) is 0 Å². The van der Waals surface area contributed by atoms with Crippen LogP contribution >= 0.6 is 0 Å². The van der Waals surface area contributed by atoms with E-state index in [9.17, 15) is 0 Å². The molecule has 0 aromatic heterocycles. The van der Waals surface area contributed by atoms with E-state index < -0.39 is 0 Å². The zero-order valence-electron chi connectivity index (χ0n) is 12.4. The van der Waals surface area contributed by atoms with E-state index in [1.54, 1.807) is 0 Å². The number of nitrogens with one attached hydrogen (secondary N) is 1. The lowest BCUT2D eigenvalue weighted by molar-refractivity contribution is 0.166. The average Bonchev–Trinajstić information content (AvgIpc) is 2.26. The van der Waals surface area contributed by atoms with Gasteiger partial charge in [-0.05, 0) is 67.3 Å². The molecule has 0 radical (unpaired) electrons. The molecule has 0 aromatic rings. The SMILES string of the molecule is CN1CCCCC1CCNCC(C)(C)N(C)C. The van der Waals surface area contributed by atoms with Crippen LogP contribution in [0.5, 0.6) is 0 Å². The van der Waals surface area contributed by atoms with E-state index >= 15 is 0 Å². The highest BCUT2D eigenvalue weighted by Crippen LogP contribution is 2.17. The zero-order valence-corrected chi connectivity index (χ0v) is 12.4. The summed E-state index contributed by atoms with van der Waals surface area (Å²) in [4.78, 5) is 4.81. The predicted molar refractivity (Wildman–Crippen MR) is 75.5 cm³/mol. The number of hydrogen-bond donors (Lipinski definition) is 1. The maximum atomic E-state index is 3.61. The molecule has 0 bridgehead atoms. The van der Waals surface area contributed by atoms with Gasteiger partial charge in [0.1, 0.15) is 0 Å². The molecule has 1 N–H and O–H groups in total. The van der Waals surface area contributed by atoms with E-state index in [2.05, 4.69) is 50.1 Å².